The molecule has 0 spiro atoms. The largest absolute Gasteiger partial charge is 0.384 e. The van der Waals surface area contributed by atoms with Gasteiger partial charge in [-0.2, -0.15) is 0 Å². The summed E-state index contributed by atoms with van der Waals surface area (Å²) in [4.78, 5) is 25.9. The quantitative estimate of drug-likeness (QED) is 0.648. The van der Waals surface area contributed by atoms with Crippen molar-refractivity contribution in [2.24, 2.45) is 0 Å². The summed E-state index contributed by atoms with van der Waals surface area (Å²) in [7, 11) is 0. The molecule has 0 fully saturated rings. The zero-order chi connectivity index (χ0) is 15.4. The van der Waals surface area contributed by atoms with Crippen molar-refractivity contribution in [2.75, 3.05) is 5.73 Å². The molecule has 1 aromatic heterocycles. The molecule has 0 aliphatic carbocycles. The summed E-state index contributed by atoms with van der Waals surface area (Å²) in [5, 5.41) is 13.5. The van der Waals surface area contributed by atoms with Gasteiger partial charge in [0.05, 0.1) is 4.92 Å². The summed E-state index contributed by atoms with van der Waals surface area (Å²) in [6.07, 6.45) is 0.976. The topological polar surface area (TPSA) is 111 Å². The first-order valence-corrected chi connectivity index (χ1v) is 6.69. The van der Waals surface area contributed by atoms with Crippen molar-refractivity contribution < 1.29 is 9.72 Å². The molecule has 0 radical (unpaired) electrons. The highest BCUT2D eigenvalue weighted by Crippen LogP contribution is 2.19. The van der Waals surface area contributed by atoms with Crippen molar-refractivity contribution in [3.63, 3.8) is 0 Å². The highest BCUT2D eigenvalue weighted by atomic mass is 79.9. The first-order valence-electron chi connectivity index (χ1n) is 5.90. The third-order valence-electron chi connectivity index (χ3n) is 2.71. The van der Waals surface area contributed by atoms with Crippen LogP contribution in [0.5, 0.6) is 0 Å². The minimum absolute atomic E-state index is 0.0504. The van der Waals surface area contributed by atoms with E-state index in [-0.39, 0.29) is 23.6 Å². The van der Waals surface area contributed by atoms with Gasteiger partial charge in [0.2, 0.25) is 0 Å². The number of rotatable bonds is 4. The minimum atomic E-state index is -0.666. The van der Waals surface area contributed by atoms with Crippen molar-refractivity contribution >= 4 is 33.3 Å². The van der Waals surface area contributed by atoms with Crippen molar-refractivity contribution in [2.45, 2.75) is 6.54 Å². The van der Waals surface area contributed by atoms with Gasteiger partial charge in [-0.3, -0.25) is 14.9 Å². The Morgan fingerprint density at radius 2 is 2.05 bits per heavy atom. The fraction of sp³-hybridized carbons (Fsp3) is 0.0769. The third-order valence-corrected chi connectivity index (χ3v) is 3.24. The molecule has 1 amide bonds. The zero-order valence-corrected chi connectivity index (χ0v) is 12.3. The second-order valence-electron chi connectivity index (χ2n) is 4.19. The molecule has 1 aromatic carbocycles. The van der Waals surface area contributed by atoms with Crippen LogP contribution in [0.4, 0.5) is 11.5 Å². The van der Waals surface area contributed by atoms with Gasteiger partial charge >= 0.3 is 0 Å². The van der Waals surface area contributed by atoms with E-state index in [1.165, 1.54) is 6.07 Å². The van der Waals surface area contributed by atoms with Crippen LogP contribution >= 0.6 is 15.9 Å². The molecule has 3 N–H and O–H groups in total. The molecule has 0 unspecified atom stereocenters. The number of carbonyl (C=O) groups excluding carboxylic acids is 1. The van der Waals surface area contributed by atoms with Crippen LogP contribution in [0.2, 0.25) is 0 Å². The van der Waals surface area contributed by atoms with E-state index in [4.69, 9.17) is 5.73 Å². The standard InChI is InChI=1S/C13H11BrN4O3/c14-9-3-1-8(2-4-9)6-17-13(19)10-5-12(15)16-7-11(10)18(20)21/h1-5,7H,6H2,(H2,15,16)(H,17,19). The van der Waals surface area contributed by atoms with Gasteiger partial charge < -0.3 is 11.1 Å². The fourth-order valence-electron chi connectivity index (χ4n) is 1.67. The predicted molar refractivity (Wildman–Crippen MR) is 80.6 cm³/mol. The number of nitrogens with one attached hydrogen (secondary N) is 1. The van der Waals surface area contributed by atoms with Gasteiger partial charge in [-0.25, -0.2) is 4.98 Å². The summed E-state index contributed by atoms with van der Waals surface area (Å²) in [5.74, 6) is -0.520. The van der Waals surface area contributed by atoms with Gasteiger partial charge in [0, 0.05) is 11.0 Å². The van der Waals surface area contributed by atoms with E-state index in [9.17, 15) is 14.9 Å². The zero-order valence-electron chi connectivity index (χ0n) is 10.7. The summed E-state index contributed by atoms with van der Waals surface area (Å²) in [6, 6.07) is 8.54. The maximum absolute atomic E-state index is 12.1. The Morgan fingerprint density at radius 3 is 2.67 bits per heavy atom. The Hall–Kier alpha value is -2.48. The van der Waals surface area contributed by atoms with Gasteiger partial charge in [-0.15, -0.1) is 0 Å². The molecule has 21 heavy (non-hydrogen) atoms. The number of hydrogen-bond donors (Lipinski definition) is 2. The Morgan fingerprint density at radius 1 is 1.38 bits per heavy atom. The number of nitro groups is 1. The number of aromatic nitrogens is 1. The lowest BCUT2D eigenvalue weighted by Gasteiger charge is -2.06. The van der Waals surface area contributed by atoms with Crippen molar-refractivity contribution in [1.82, 2.24) is 10.3 Å². The van der Waals surface area contributed by atoms with E-state index in [1.807, 2.05) is 24.3 Å². The molecule has 2 rings (SSSR count). The number of pyridine rings is 1. The summed E-state index contributed by atoms with van der Waals surface area (Å²) in [6.45, 7) is 0.255. The third kappa shape index (κ3) is 3.76. The molecule has 0 saturated heterocycles. The molecule has 0 aliphatic rings. The molecular weight excluding hydrogens is 340 g/mol. The van der Waals surface area contributed by atoms with Crippen LogP contribution in [0.25, 0.3) is 0 Å². The molecule has 108 valence electrons. The van der Waals surface area contributed by atoms with Crippen LogP contribution in [-0.2, 0) is 6.54 Å². The van der Waals surface area contributed by atoms with E-state index in [1.54, 1.807) is 0 Å². The molecule has 0 aliphatic heterocycles. The molecule has 7 nitrogen and oxygen atoms in total. The maximum atomic E-state index is 12.1. The maximum Gasteiger partial charge on any atom is 0.300 e. The normalized spacial score (nSPS) is 10.1. The van der Waals surface area contributed by atoms with E-state index in [0.717, 1.165) is 16.2 Å². The lowest BCUT2D eigenvalue weighted by atomic mass is 10.2. The Balaban J connectivity index is 2.15. The molecule has 0 bridgehead atoms. The second kappa shape index (κ2) is 6.31. The average molecular weight is 351 g/mol. The number of hydrogen-bond acceptors (Lipinski definition) is 5. The van der Waals surface area contributed by atoms with Gasteiger partial charge in [0.1, 0.15) is 17.6 Å². The SMILES string of the molecule is Nc1cc(C(=O)NCc2ccc(Br)cc2)c([N+](=O)[O-])cn1. The lowest BCUT2D eigenvalue weighted by Crippen LogP contribution is -2.24. The van der Waals surface area contributed by atoms with E-state index >= 15 is 0 Å². The Kier molecular flexibility index (Phi) is 4.49. The number of amides is 1. The average Bonchev–Trinajstić information content (AvgIpc) is 2.46. The summed E-state index contributed by atoms with van der Waals surface area (Å²) < 4.78 is 0.926. The predicted octanol–water partition coefficient (Wildman–Crippen LogP) is 2.26. The van der Waals surface area contributed by atoms with E-state index < -0.39 is 10.8 Å². The number of nitrogens with zero attached hydrogens (tertiary/aromatic N) is 2. The summed E-state index contributed by atoms with van der Waals surface area (Å²) >= 11 is 3.31. The van der Waals surface area contributed by atoms with Crippen molar-refractivity contribution in [3.8, 4) is 0 Å². The van der Waals surface area contributed by atoms with Crippen LogP contribution in [0.1, 0.15) is 15.9 Å². The van der Waals surface area contributed by atoms with Crippen LogP contribution in [0, 0.1) is 10.1 Å². The minimum Gasteiger partial charge on any atom is -0.384 e. The Bertz CT molecular complexity index is 688. The van der Waals surface area contributed by atoms with E-state index in [2.05, 4.69) is 26.2 Å². The molecule has 8 heteroatoms. The molecule has 2 aromatic rings. The van der Waals surface area contributed by atoms with Crippen molar-refractivity contribution in [3.05, 3.63) is 62.2 Å². The van der Waals surface area contributed by atoms with E-state index in [0.29, 0.717) is 0 Å². The van der Waals surface area contributed by atoms with Gasteiger partial charge in [-0.05, 0) is 23.8 Å². The van der Waals surface area contributed by atoms with Crippen LogP contribution in [0.3, 0.4) is 0 Å². The number of nitrogens with two attached hydrogens (primary N) is 1. The molecule has 1 heterocycles. The van der Waals surface area contributed by atoms with Crippen LogP contribution in [-0.4, -0.2) is 15.8 Å². The summed E-state index contributed by atoms with van der Waals surface area (Å²) in [5.41, 5.74) is 5.86. The number of halogens is 1. The monoisotopic (exact) mass is 350 g/mol. The number of nitrogen functional groups attached to an aromatic ring is 1. The number of anilines is 1. The van der Waals surface area contributed by atoms with Crippen molar-refractivity contribution in [1.29, 1.82) is 0 Å². The smallest absolute Gasteiger partial charge is 0.300 e. The van der Waals surface area contributed by atoms with Crippen LogP contribution < -0.4 is 11.1 Å². The van der Waals surface area contributed by atoms with Gasteiger partial charge in [0.15, 0.2) is 0 Å². The van der Waals surface area contributed by atoms with Gasteiger partial charge in [-0.1, -0.05) is 28.1 Å². The number of benzene rings is 1. The Labute approximate surface area is 128 Å². The molecular formula is C13H11BrN4O3. The van der Waals surface area contributed by atoms with Crippen LogP contribution in [0.15, 0.2) is 41.0 Å². The molecule has 0 saturated carbocycles. The first-order chi connectivity index (χ1) is 9.97. The first kappa shape index (κ1) is 14.9. The highest BCUT2D eigenvalue weighted by molar-refractivity contribution is 9.10. The van der Waals surface area contributed by atoms with Gasteiger partial charge in [0.25, 0.3) is 11.6 Å². The number of carbonyl (C=O) groups is 1. The molecule has 0 atom stereocenters. The fourth-order valence-corrected chi connectivity index (χ4v) is 1.94. The lowest BCUT2D eigenvalue weighted by molar-refractivity contribution is -0.385. The second-order valence-corrected chi connectivity index (χ2v) is 5.11. The highest BCUT2D eigenvalue weighted by Gasteiger charge is 2.20.